The summed E-state index contributed by atoms with van der Waals surface area (Å²) in [4.78, 5) is 23.7. The van der Waals surface area contributed by atoms with E-state index in [4.69, 9.17) is 4.74 Å². The molecule has 0 heterocycles. The standard InChI is InChI=1S/C22H25NO4S2/c1-28-12-13-29-11-10-20(21(24)25)23-22(26)27-14-19-17-8-4-2-6-15(17)16-7-3-5-9-18(16)19/h2-9,19-20H,10-14H2,1H3,(H,23,26)(H,24,25). The van der Waals surface area contributed by atoms with Crippen LogP contribution in [0, 0.1) is 0 Å². The largest absolute Gasteiger partial charge is 0.480 e. The van der Waals surface area contributed by atoms with Crippen LogP contribution in [-0.4, -0.2) is 53.3 Å². The lowest BCUT2D eigenvalue weighted by Gasteiger charge is -2.17. The van der Waals surface area contributed by atoms with Crippen LogP contribution in [-0.2, 0) is 9.53 Å². The lowest BCUT2D eigenvalue weighted by molar-refractivity contribution is -0.139. The Bertz CT molecular complexity index is 813. The Kier molecular flexibility index (Phi) is 7.89. The molecule has 0 bridgehead atoms. The summed E-state index contributed by atoms with van der Waals surface area (Å²) in [5.41, 5.74) is 4.56. The van der Waals surface area contributed by atoms with Gasteiger partial charge in [-0.2, -0.15) is 23.5 Å². The topological polar surface area (TPSA) is 75.6 Å². The second-order valence-corrected chi connectivity index (χ2v) is 8.96. The van der Waals surface area contributed by atoms with Crippen LogP contribution >= 0.6 is 23.5 Å². The summed E-state index contributed by atoms with van der Waals surface area (Å²) >= 11 is 3.45. The van der Waals surface area contributed by atoms with Gasteiger partial charge in [-0.25, -0.2) is 9.59 Å². The van der Waals surface area contributed by atoms with E-state index >= 15 is 0 Å². The maximum Gasteiger partial charge on any atom is 0.407 e. The summed E-state index contributed by atoms with van der Waals surface area (Å²) in [6.07, 6.45) is 1.73. The van der Waals surface area contributed by atoms with Crippen LogP contribution in [0.15, 0.2) is 48.5 Å². The van der Waals surface area contributed by atoms with E-state index in [1.54, 1.807) is 23.5 Å². The Morgan fingerprint density at radius 2 is 1.66 bits per heavy atom. The predicted octanol–water partition coefficient (Wildman–Crippen LogP) is 4.46. The molecule has 0 saturated heterocycles. The van der Waals surface area contributed by atoms with Gasteiger partial charge in [-0.3, -0.25) is 0 Å². The highest BCUT2D eigenvalue weighted by Gasteiger charge is 2.29. The van der Waals surface area contributed by atoms with Crippen molar-refractivity contribution in [2.45, 2.75) is 18.4 Å². The van der Waals surface area contributed by atoms with Crippen LogP contribution in [0.2, 0.25) is 0 Å². The molecule has 0 saturated carbocycles. The second kappa shape index (κ2) is 10.6. The summed E-state index contributed by atoms with van der Waals surface area (Å²) in [5.74, 6) is 1.60. The number of fused-ring (bicyclic) bond motifs is 3. The molecule has 5 nitrogen and oxygen atoms in total. The van der Waals surface area contributed by atoms with E-state index in [9.17, 15) is 14.7 Å². The molecule has 0 fully saturated rings. The van der Waals surface area contributed by atoms with E-state index < -0.39 is 18.1 Å². The molecular weight excluding hydrogens is 406 g/mol. The number of aliphatic carboxylic acids is 1. The number of nitrogens with one attached hydrogen (secondary N) is 1. The first-order valence-electron chi connectivity index (χ1n) is 9.52. The number of carbonyl (C=O) groups is 2. The maximum atomic E-state index is 12.3. The summed E-state index contributed by atoms with van der Waals surface area (Å²) < 4.78 is 5.44. The summed E-state index contributed by atoms with van der Waals surface area (Å²) in [5, 5.41) is 11.9. The van der Waals surface area contributed by atoms with E-state index in [1.807, 2.05) is 42.7 Å². The number of hydrogen-bond donors (Lipinski definition) is 2. The van der Waals surface area contributed by atoms with E-state index in [1.165, 1.54) is 0 Å². The first-order valence-corrected chi connectivity index (χ1v) is 12.1. The zero-order chi connectivity index (χ0) is 20.6. The number of alkyl carbamates (subject to hydrolysis) is 1. The Morgan fingerprint density at radius 3 is 2.24 bits per heavy atom. The molecule has 0 aliphatic heterocycles. The van der Waals surface area contributed by atoms with Crippen molar-refractivity contribution in [1.29, 1.82) is 0 Å². The van der Waals surface area contributed by atoms with Crippen LogP contribution in [0.25, 0.3) is 11.1 Å². The number of hydrogen-bond acceptors (Lipinski definition) is 5. The third kappa shape index (κ3) is 5.48. The van der Waals surface area contributed by atoms with Gasteiger partial charge in [0.1, 0.15) is 12.6 Å². The molecular formula is C22H25NO4S2. The zero-order valence-corrected chi connectivity index (χ0v) is 17.9. The van der Waals surface area contributed by atoms with Crippen LogP contribution in [0.5, 0.6) is 0 Å². The molecule has 2 aromatic rings. The molecule has 1 aliphatic rings. The van der Waals surface area contributed by atoms with Crippen LogP contribution in [0.1, 0.15) is 23.5 Å². The SMILES string of the molecule is CSCCSCCC(NC(=O)OCC1c2ccccc2-c2ccccc21)C(=O)O. The molecule has 2 N–H and O–H groups in total. The molecule has 1 amide bonds. The van der Waals surface area contributed by atoms with Crippen molar-refractivity contribution in [1.82, 2.24) is 5.32 Å². The number of thioether (sulfide) groups is 2. The molecule has 1 aliphatic carbocycles. The van der Waals surface area contributed by atoms with Crippen molar-refractivity contribution >= 4 is 35.6 Å². The number of rotatable bonds is 10. The van der Waals surface area contributed by atoms with Gasteiger partial charge in [0.2, 0.25) is 0 Å². The fraction of sp³-hybridized carbons (Fsp3) is 0.364. The first kappa shape index (κ1) is 21.6. The van der Waals surface area contributed by atoms with Crippen LogP contribution in [0.3, 0.4) is 0 Å². The number of carbonyl (C=O) groups excluding carboxylic acids is 1. The van der Waals surface area contributed by atoms with Gasteiger partial charge in [0.15, 0.2) is 0 Å². The highest BCUT2D eigenvalue weighted by atomic mass is 32.2. The smallest absolute Gasteiger partial charge is 0.407 e. The van der Waals surface area contributed by atoms with E-state index in [-0.39, 0.29) is 12.5 Å². The van der Waals surface area contributed by atoms with Crippen molar-refractivity contribution in [3.8, 4) is 11.1 Å². The average molecular weight is 432 g/mol. The molecule has 1 atom stereocenters. The molecule has 0 aromatic heterocycles. The van der Waals surface area contributed by atoms with Gasteiger partial charge >= 0.3 is 12.1 Å². The van der Waals surface area contributed by atoms with E-state index in [0.29, 0.717) is 12.2 Å². The highest BCUT2D eigenvalue weighted by molar-refractivity contribution is 8.02. The molecule has 3 rings (SSSR count). The van der Waals surface area contributed by atoms with Crippen molar-refractivity contribution < 1.29 is 19.4 Å². The lowest BCUT2D eigenvalue weighted by atomic mass is 9.98. The molecule has 2 aromatic carbocycles. The number of amides is 1. The Morgan fingerprint density at radius 1 is 1.03 bits per heavy atom. The van der Waals surface area contributed by atoms with E-state index in [2.05, 4.69) is 17.4 Å². The molecule has 0 spiro atoms. The monoisotopic (exact) mass is 431 g/mol. The van der Waals surface area contributed by atoms with Crippen LogP contribution in [0.4, 0.5) is 4.79 Å². The van der Waals surface area contributed by atoms with Gasteiger partial charge < -0.3 is 15.2 Å². The fourth-order valence-electron chi connectivity index (χ4n) is 3.49. The van der Waals surface area contributed by atoms with E-state index in [0.717, 1.165) is 33.8 Å². The summed E-state index contributed by atoms with van der Waals surface area (Å²) in [6, 6.07) is 15.3. The lowest BCUT2D eigenvalue weighted by Crippen LogP contribution is -2.41. The Labute approximate surface area is 179 Å². The minimum Gasteiger partial charge on any atom is -0.480 e. The van der Waals surface area contributed by atoms with Crippen LogP contribution < -0.4 is 5.32 Å². The number of benzene rings is 2. The number of carboxylic acids is 1. The maximum absolute atomic E-state index is 12.3. The van der Waals surface area contributed by atoms with Crippen molar-refractivity contribution in [2.75, 3.05) is 30.1 Å². The molecule has 29 heavy (non-hydrogen) atoms. The molecule has 7 heteroatoms. The van der Waals surface area contributed by atoms with Crippen molar-refractivity contribution in [3.05, 3.63) is 59.7 Å². The van der Waals surface area contributed by atoms with Crippen molar-refractivity contribution in [3.63, 3.8) is 0 Å². The quantitative estimate of drug-likeness (QED) is 0.541. The molecule has 154 valence electrons. The minimum atomic E-state index is -1.04. The van der Waals surface area contributed by atoms with Gasteiger partial charge in [0, 0.05) is 17.4 Å². The van der Waals surface area contributed by atoms with Gasteiger partial charge in [-0.15, -0.1) is 0 Å². The zero-order valence-electron chi connectivity index (χ0n) is 16.3. The number of carboxylic acid groups (broad SMARTS) is 1. The first-order chi connectivity index (χ1) is 14.1. The van der Waals surface area contributed by atoms with Gasteiger partial charge in [0.05, 0.1) is 0 Å². The molecule has 1 unspecified atom stereocenters. The second-order valence-electron chi connectivity index (χ2n) is 6.75. The highest BCUT2D eigenvalue weighted by Crippen LogP contribution is 2.44. The van der Waals surface area contributed by atoms with Gasteiger partial charge in [0.25, 0.3) is 0 Å². The van der Waals surface area contributed by atoms with Crippen molar-refractivity contribution in [2.24, 2.45) is 0 Å². The normalized spacial score (nSPS) is 13.4. The third-order valence-corrected chi connectivity index (χ3v) is 6.80. The Balaban J connectivity index is 1.56. The Hall–Kier alpha value is -2.12. The fourth-order valence-corrected chi connectivity index (χ4v) is 5.23. The molecule has 0 radical (unpaired) electrons. The minimum absolute atomic E-state index is 0.0430. The van der Waals surface area contributed by atoms with Gasteiger partial charge in [-0.1, -0.05) is 48.5 Å². The average Bonchev–Trinajstić information content (AvgIpc) is 3.05. The summed E-state index contributed by atoms with van der Waals surface area (Å²) in [6.45, 7) is 0.175. The number of ether oxygens (including phenoxy) is 1. The third-order valence-electron chi connectivity index (χ3n) is 4.92. The van der Waals surface area contributed by atoms with Gasteiger partial charge in [-0.05, 0) is 40.7 Å². The predicted molar refractivity (Wildman–Crippen MR) is 120 cm³/mol. The summed E-state index contributed by atoms with van der Waals surface area (Å²) in [7, 11) is 0.